The van der Waals surface area contributed by atoms with E-state index in [0.29, 0.717) is 6.42 Å². The highest BCUT2D eigenvalue weighted by Gasteiger charge is 2.28. The topological polar surface area (TPSA) is 60.8 Å². The number of para-hydroxylation sites is 1. The molecule has 1 atom stereocenters. The van der Waals surface area contributed by atoms with Crippen molar-refractivity contribution in [3.8, 4) is 5.75 Å². The lowest BCUT2D eigenvalue weighted by Gasteiger charge is -2.22. The first kappa shape index (κ1) is 10.8. The van der Waals surface area contributed by atoms with Crippen LogP contribution >= 0.6 is 0 Å². The summed E-state index contributed by atoms with van der Waals surface area (Å²) >= 11 is 0. The molecule has 4 nitrogen and oxygen atoms in total. The fourth-order valence-electron chi connectivity index (χ4n) is 2.31. The Morgan fingerprint density at radius 1 is 1.56 bits per heavy atom. The summed E-state index contributed by atoms with van der Waals surface area (Å²) in [7, 11) is 1.90. The van der Waals surface area contributed by atoms with Crippen molar-refractivity contribution in [2.24, 2.45) is 0 Å². The van der Waals surface area contributed by atoms with E-state index in [1.165, 1.54) is 0 Å². The van der Waals surface area contributed by atoms with E-state index < -0.39 is 5.97 Å². The molecule has 0 radical (unpaired) electrons. The van der Waals surface area contributed by atoms with E-state index in [1.54, 1.807) is 6.07 Å². The second kappa shape index (κ2) is 4.04. The molecule has 1 aliphatic rings. The summed E-state index contributed by atoms with van der Waals surface area (Å²) in [6.45, 7) is 0. The van der Waals surface area contributed by atoms with Crippen molar-refractivity contribution < 1.29 is 15.0 Å². The van der Waals surface area contributed by atoms with Crippen LogP contribution in [0, 0.1) is 0 Å². The summed E-state index contributed by atoms with van der Waals surface area (Å²) in [6.07, 6.45) is 1.59. The van der Waals surface area contributed by atoms with Gasteiger partial charge in [-0.15, -0.1) is 0 Å². The largest absolute Gasteiger partial charge is 0.506 e. The van der Waals surface area contributed by atoms with Crippen LogP contribution in [0.15, 0.2) is 18.2 Å². The molecule has 0 fully saturated rings. The van der Waals surface area contributed by atoms with E-state index in [4.69, 9.17) is 5.11 Å². The van der Waals surface area contributed by atoms with E-state index >= 15 is 0 Å². The van der Waals surface area contributed by atoms with Gasteiger partial charge in [0.05, 0.1) is 5.69 Å². The Morgan fingerprint density at radius 3 is 2.94 bits per heavy atom. The summed E-state index contributed by atoms with van der Waals surface area (Å²) in [4.78, 5) is 12.5. The van der Waals surface area contributed by atoms with Gasteiger partial charge < -0.3 is 15.1 Å². The molecule has 2 N–H and O–H groups in total. The number of rotatable bonds is 3. The molecule has 0 amide bonds. The Morgan fingerprint density at radius 2 is 2.31 bits per heavy atom. The van der Waals surface area contributed by atoms with Gasteiger partial charge in [0.15, 0.2) is 0 Å². The van der Waals surface area contributed by atoms with Crippen LogP contribution in [0.25, 0.3) is 0 Å². The first-order chi connectivity index (χ1) is 7.59. The van der Waals surface area contributed by atoms with Crippen LogP contribution in [-0.4, -0.2) is 29.3 Å². The van der Waals surface area contributed by atoms with Crippen molar-refractivity contribution in [2.75, 3.05) is 11.9 Å². The smallest absolute Gasteiger partial charge is 0.303 e. The molecule has 2 rings (SSSR count). The molecule has 1 aromatic carbocycles. The van der Waals surface area contributed by atoms with Crippen LogP contribution in [0.2, 0.25) is 0 Å². The maximum absolute atomic E-state index is 10.5. The van der Waals surface area contributed by atoms with Gasteiger partial charge in [-0.3, -0.25) is 4.79 Å². The third-order valence-corrected chi connectivity index (χ3v) is 3.15. The maximum atomic E-state index is 10.5. The number of benzene rings is 1. The number of carbonyl (C=O) groups is 1. The number of phenolic OH excluding ortho intramolecular Hbond substituents is 1. The Balaban J connectivity index is 2.15. The van der Waals surface area contributed by atoms with Crippen molar-refractivity contribution in [3.05, 3.63) is 23.8 Å². The molecule has 0 saturated heterocycles. The normalized spacial score (nSPS) is 18.6. The minimum absolute atomic E-state index is 0.170. The summed E-state index contributed by atoms with van der Waals surface area (Å²) in [5, 5.41) is 18.4. The van der Waals surface area contributed by atoms with Gasteiger partial charge >= 0.3 is 5.97 Å². The molecule has 1 aliphatic heterocycles. The first-order valence-corrected chi connectivity index (χ1v) is 5.35. The second-order valence-electron chi connectivity index (χ2n) is 4.19. The number of likely N-dealkylation sites (N-methyl/N-ethyl adjacent to an activating group) is 1. The van der Waals surface area contributed by atoms with Crippen molar-refractivity contribution in [2.45, 2.75) is 25.3 Å². The Kier molecular flexibility index (Phi) is 2.73. The van der Waals surface area contributed by atoms with E-state index in [9.17, 15) is 9.90 Å². The summed E-state index contributed by atoms with van der Waals surface area (Å²) in [5.41, 5.74) is 1.94. The Hall–Kier alpha value is -1.71. The Bertz CT molecular complexity index is 417. The molecule has 1 heterocycles. The number of carboxylic acids is 1. The molecule has 0 aromatic heterocycles. The lowest BCUT2D eigenvalue weighted by atomic mass is 10.1. The fraction of sp³-hybridized carbons (Fsp3) is 0.417. The van der Waals surface area contributed by atoms with Gasteiger partial charge in [0.1, 0.15) is 5.75 Å². The number of aliphatic carboxylic acids is 1. The summed E-state index contributed by atoms with van der Waals surface area (Å²) in [6, 6.07) is 5.64. The lowest BCUT2D eigenvalue weighted by molar-refractivity contribution is -0.137. The van der Waals surface area contributed by atoms with Crippen LogP contribution in [0.3, 0.4) is 0 Å². The maximum Gasteiger partial charge on any atom is 0.303 e. The van der Waals surface area contributed by atoms with Gasteiger partial charge in [0.25, 0.3) is 0 Å². The monoisotopic (exact) mass is 221 g/mol. The average Bonchev–Trinajstić information content (AvgIpc) is 2.54. The van der Waals surface area contributed by atoms with Crippen LogP contribution in [0.4, 0.5) is 5.69 Å². The number of hydrogen-bond acceptors (Lipinski definition) is 3. The van der Waals surface area contributed by atoms with Gasteiger partial charge in [0, 0.05) is 19.5 Å². The highest BCUT2D eigenvalue weighted by atomic mass is 16.4. The molecular formula is C12H15NO3. The van der Waals surface area contributed by atoms with Gasteiger partial charge in [0.2, 0.25) is 0 Å². The quantitative estimate of drug-likeness (QED) is 0.814. The van der Waals surface area contributed by atoms with E-state index in [1.807, 2.05) is 24.1 Å². The minimum Gasteiger partial charge on any atom is -0.506 e. The number of hydrogen-bond donors (Lipinski definition) is 2. The van der Waals surface area contributed by atoms with Gasteiger partial charge in [-0.2, -0.15) is 0 Å². The number of phenols is 1. The fourth-order valence-corrected chi connectivity index (χ4v) is 2.31. The zero-order chi connectivity index (χ0) is 11.7. The molecule has 0 spiro atoms. The second-order valence-corrected chi connectivity index (χ2v) is 4.19. The van der Waals surface area contributed by atoms with Gasteiger partial charge in [-0.25, -0.2) is 0 Å². The predicted molar refractivity (Wildman–Crippen MR) is 60.9 cm³/mol. The van der Waals surface area contributed by atoms with Crippen molar-refractivity contribution >= 4 is 11.7 Å². The molecule has 0 saturated carbocycles. The van der Waals surface area contributed by atoms with E-state index in [0.717, 1.165) is 17.7 Å². The molecule has 0 aliphatic carbocycles. The number of carboxylic acid groups (broad SMARTS) is 1. The van der Waals surface area contributed by atoms with Crippen LogP contribution in [0.1, 0.15) is 18.4 Å². The third-order valence-electron chi connectivity index (χ3n) is 3.15. The number of anilines is 1. The number of aromatic hydroxyl groups is 1. The average molecular weight is 221 g/mol. The van der Waals surface area contributed by atoms with Crippen LogP contribution < -0.4 is 4.90 Å². The van der Waals surface area contributed by atoms with Crippen molar-refractivity contribution in [1.82, 2.24) is 0 Å². The minimum atomic E-state index is -0.770. The van der Waals surface area contributed by atoms with Crippen molar-refractivity contribution in [3.63, 3.8) is 0 Å². The zero-order valence-electron chi connectivity index (χ0n) is 9.18. The number of nitrogens with zero attached hydrogens (tertiary/aromatic N) is 1. The first-order valence-electron chi connectivity index (χ1n) is 5.35. The molecule has 1 unspecified atom stereocenters. The molecule has 1 aromatic rings. The Labute approximate surface area is 94.1 Å². The van der Waals surface area contributed by atoms with Crippen LogP contribution in [0.5, 0.6) is 5.75 Å². The van der Waals surface area contributed by atoms with Gasteiger partial charge in [-0.05, 0) is 24.5 Å². The molecule has 0 bridgehead atoms. The van der Waals surface area contributed by atoms with Crippen molar-refractivity contribution in [1.29, 1.82) is 0 Å². The van der Waals surface area contributed by atoms with Crippen LogP contribution in [-0.2, 0) is 11.2 Å². The van der Waals surface area contributed by atoms with E-state index in [-0.39, 0.29) is 18.2 Å². The lowest BCUT2D eigenvalue weighted by Crippen LogP contribution is -2.28. The third kappa shape index (κ3) is 1.83. The number of fused-ring (bicyclic) bond motifs is 1. The highest BCUT2D eigenvalue weighted by Crippen LogP contribution is 2.39. The molecule has 16 heavy (non-hydrogen) atoms. The highest BCUT2D eigenvalue weighted by molar-refractivity contribution is 5.69. The SMILES string of the molecule is CN1c2c(O)cccc2CC1CCC(=O)O. The van der Waals surface area contributed by atoms with Gasteiger partial charge in [-0.1, -0.05) is 12.1 Å². The predicted octanol–water partition coefficient (Wildman–Crippen LogP) is 1.62. The molecular weight excluding hydrogens is 206 g/mol. The summed E-state index contributed by atoms with van der Waals surface area (Å²) < 4.78 is 0. The standard InChI is InChI=1S/C12H15NO3/c1-13-9(5-6-11(15)16)7-8-3-2-4-10(14)12(8)13/h2-4,9,14H,5-7H2,1H3,(H,15,16). The van der Waals surface area contributed by atoms with E-state index in [2.05, 4.69) is 0 Å². The zero-order valence-corrected chi connectivity index (χ0v) is 9.18. The molecule has 86 valence electrons. The molecule has 4 heteroatoms. The summed E-state index contributed by atoms with van der Waals surface area (Å²) in [5.74, 6) is -0.494.